The lowest BCUT2D eigenvalue weighted by molar-refractivity contribution is -0.151. The van der Waals surface area contributed by atoms with Crippen molar-refractivity contribution in [2.45, 2.75) is 63.3 Å². The summed E-state index contributed by atoms with van der Waals surface area (Å²) >= 11 is 0. The predicted molar refractivity (Wildman–Crippen MR) is 122 cm³/mol. The smallest absolute Gasteiger partial charge is 0.245 e. The molecule has 7 atom stereocenters. The van der Waals surface area contributed by atoms with Crippen LogP contribution in [0.25, 0.3) is 0 Å². The molecule has 4 rings (SSSR count). The van der Waals surface area contributed by atoms with Gasteiger partial charge in [0.15, 0.2) is 0 Å². The number of ether oxygens (including phenoxy) is 1. The van der Waals surface area contributed by atoms with E-state index < -0.39 is 35.1 Å². The summed E-state index contributed by atoms with van der Waals surface area (Å²) < 4.78 is 6.62. The van der Waals surface area contributed by atoms with E-state index in [0.29, 0.717) is 13.0 Å². The lowest BCUT2D eigenvalue weighted by Crippen LogP contribution is -2.56. The van der Waals surface area contributed by atoms with Crippen molar-refractivity contribution in [2.24, 2.45) is 17.8 Å². The van der Waals surface area contributed by atoms with Gasteiger partial charge in [-0.05, 0) is 31.2 Å². The van der Waals surface area contributed by atoms with Crippen LogP contribution in [-0.2, 0) is 19.1 Å². The molecule has 0 aromatic heterocycles. The molecular weight excluding hydrogens is 422 g/mol. The van der Waals surface area contributed by atoms with Crippen LogP contribution in [0, 0.1) is 17.8 Å². The number of nitrogens with zero attached hydrogens (tertiary/aromatic N) is 1. The Morgan fingerprint density at radius 1 is 1.27 bits per heavy atom. The summed E-state index contributed by atoms with van der Waals surface area (Å²) in [4.78, 5) is 42.2. The molecule has 0 aliphatic carbocycles. The highest BCUT2D eigenvalue weighted by Gasteiger charge is 2.80. The first-order valence-electron chi connectivity index (χ1n) is 11.9. The minimum Gasteiger partial charge on any atom is -0.394 e. The second-order valence-corrected chi connectivity index (χ2v) is 9.82. The molecule has 2 bridgehead atoms. The zero-order valence-corrected chi connectivity index (χ0v) is 19.8. The van der Waals surface area contributed by atoms with Crippen LogP contribution in [0.1, 0.15) is 51.6 Å². The van der Waals surface area contributed by atoms with Gasteiger partial charge in [-0.1, -0.05) is 50.6 Å². The average molecular weight is 458 g/mol. The molecule has 3 heterocycles. The number of rotatable bonds is 8. The van der Waals surface area contributed by atoms with Crippen molar-refractivity contribution < 1.29 is 24.2 Å². The lowest BCUT2D eigenvalue weighted by atomic mass is 9.62. The van der Waals surface area contributed by atoms with Gasteiger partial charge in [0.2, 0.25) is 17.7 Å². The Hall–Kier alpha value is -2.45. The molecule has 1 aromatic carbocycles. The maximum absolute atomic E-state index is 14.0. The molecule has 3 aliphatic rings. The van der Waals surface area contributed by atoms with Crippen molar-refractivity contribution in [3.8, 4) is 0 Å². The number of nitrogens with one attached hydrogen (secondary N) is 2. The topological polar surface area (TPSA) is 108 Å². The number of hydrogen-bond acceptors (Lipinski definition) is 5. The Kier molecular flexibility index (Phi) is 6.26. The Morgan fingerprint density at radius 2 is 1.97 bits per heavy atom. The number of hydrogen-bond donors (Lipinski definition) is 3. The Balaban J connectivity index is 1.83. The average Bonchev–Trinajstić information content (AvgIpc) is 3.32. The summed E-state index contributed by atoms with van der Waals surface area (Å²) in [6.45, 7) is 6.10. The van der Waals surface area contributed by atoms with Crippen LogP contribution in [0.4, 0.5) is 0 Å². The van der Waals surface area contributed by atoms with E-state index in [0.717, 1.165) is 18.4 Å². The van der Waals surface area contributed by atoms with Crippen LogP contribution in [0.2, 0.25) is 0 Å². The largest absolute Gasteiger partial charge is 0.394 e. The standard InChI is InChI=1S/C25H35N3O5/c1-5-6-12-27-22(31)20-25-13-15(2)24(3,33-25)18(21(30)26-4)19(25)23(32)28(20)17(14-29)16-10-8-7-9-11-16/h7-11,15,17-20,29H,5-6,12-14H2,1-4H3,(H,26,30)(H,27,31)/t15?,17-,18+,19+,20?,24-,25?/m1/s1. The van der Waals surface area contributed by atoms with Crippen molar-refractivity contribution in [1.29, 1.82) is 0 Å². The van der Waals surface area contributed by atoms with E-state index in [1.807, 2.05) is 51.1 Å². The zero-order valence-electron chi connectivity index (χ0n) is 19.8. The third kappa shape index (κ3) is 3.37. The van der Waals surface area contributed by atoms with Crippen molar-refractivity contribution >= 4 is 17.7 Å². The molecule has 8 heteroatoms. The van der Waals surface area contributed by atoms with Gasteiger partial charge in [-0.15, -0.1) is 0 Å². The third-order valence-electron chi connectivity index (χ3n) is 8.05. The second-order valence-electron chi connectivity index (χ2n) is 9.82. The van der Waals surface area contributed by atoms with E-state index in [4.69, 9.17) is 4.74 Å². The number of amides is 3. The zero-order chi connectivity index (χ0) is 24.0. The summed E-state index contributed by atoms with van der Waals surface area (Å²) in [6.07, 6.45) is 2.25. The molecule has 3 unspecified atom stereocenters. The monoisotopic (exact) mass is 457 g/mol. The second kappa shape index (κ2) is 8.72. The molecule has 1 spiro atoms. The lowest BCUT2D eigenvalue weighted by Gasteiger charge is -2.37. The van der Waals surface area contributed by atoms with Crippen molar-refractivity contribution in [3.63, 3.8) is 0 Å². The highest BCUT2D eigenvalue weighted by molar-refractivity contribution is 5.99. The summed E-state index contributed by atoms with van der Waals surface area (Å²) in [7, 11) is 1.56. The first-order valence-corrected chi connectivity index (χ1v) is 11.9. The Morgan fingerprint density at radius 3 is 2.58 bits per heavy atom. The number of aliphatic hydroxyl groups excluding tert-OH is 1. The number of unbranched alkanes of at least 4 members (excludes halogenated alkanes) is 1. The minimum absolute atomic E-state index is 0.0148. The Bertz CT molecular complexity index is 924. The van der Waals surface area contributed by atoms with Gasteiger partial charge in [0, 0.05) is 13.6 Å². The first-order chi connectivity index (χ1) is 15.8. The van der Waals surface area contributed by atoms with E-state index in [1.54, 1.807) is 7.05 Å². The molecule has 3 fully saturated rings. The SMILES string of the molecule is CCCCNC(=O)C1N([C@H](CO)c2ccccc2)C(=O)[C@@H]2[C@@H](C(=O)NC)[C@]3(C)OC12CC3C. The molecular formula is C25H35N3O5. The number of carbonyl (C=O) groups excluding carboxylic acids is 3. The number of carbonyl (C=O) groups is 3. The molecule has 0 radical (unpaired) electrons. The molecule has 33 heavy (non-hydrogen) atoms. The predicted octanol–water partition coefficient (Wildman–Crippen LogP) is 1.39. The normalized spacial score (nSPS) is 35.4. The van der Waals surface area contributed by atoms with E-state index >= 15 is 0 Å². The van der Waals surface area contributed by atoms with Gasteiger partial charge in [0.1, 0.15) is 11.6 Å². The molecule has 3 aliphatic heterocycles. The van der Waals surface area contributed by atoms with Gasteiger partial charge < -0.3 is 25.4 Å². The van der Waals surface area contributed by atoms with Crippen molar-refractivity contribution in [2.75, 3.05) is 20.2 Å². The number of benzene rings is 1. The number of aliphatic hydroxyl groups is 1. The Labute approximate surface area is 195 Å². The third-order valence-corrected chi connectivity index (χ3v) is 8.05. The molecule has 8 nitrogen and oxygen atoms in total. The van der Waals surface area contributed by atoms with Crippen LogP contribution in [-0.4, -0.2) is 65.2 Å². The van der Waals surface area contributed by atoms with Crippen LogP contribution < -0.4 is 10.6 Å². The summed E-state index contributed by atoms with van der Waals surface area (Å²) in [5, 5.41) is 16.1. The molecule has 3 N–H and O–H groups in total. The quantitative estimate of drug-likeness (QED) is 0.512. The maximum atomic E-state index is 14.0. The van der Waals surface area contributed by atoms with E-state index in [9.17, 15) is 19.5 Å². The van der Waals surface area contributed by atoms with Crippen molar-refractivity contribution in [1.82, 2.24) is 15.5 Å². The van der Waals surface area contributed by atoms with Crippen LogP contribution >= 0.6 is 0 Å². The molecule has 0 saturated carbocycles. The van der Waals surface area contributed by atoms with Crippen LogP contribution in [0.3, 0.4) is 0 Å². The number of fused-ring (bicyclic) bond motifs is 1. The van der Waals surface area contributed by atoms with E-state index in [2.05, 4.69) is 10.6 Å². The summed E-state index contributed by atoms with van der Waals surface area (Å²) in [6, 6.07) is 7.58. The highest BCUT2D eigenvalue weighted by Crippen LogP contribution is 2.65. The van der Waals surface area contributed by atoms with E-state index in [1.165, 1.54) is 4.90 Å². The van der Waals surface area contributed by atoms with E-state index in [-0.39, 0.29) is 30.2 Å². The summed E-state index contributed by atoms with van der Waals surface area (Å²) in [5.41, 5.74) is -1.21. The molecule has 180 valence electrons. The first kappa shape index (κ1) is 23.7. The fourth-order valence-electron chi connectivity index (χ4n) is 6.38. The fourth-order valence-corrected chi connectivity index (χ4v) is 6.38. The van der Waals surface area contributed by atoms with Gasteiger partial charge >= 0.3 is 0 Å². The minimum atomic E-state index is -1.11. The van der Waals surface area contributed by atoms with Gasteiger partial charge in [-0.25, -0.2) is 0 Å². The summed E-state index contributed by atoms with van der Waals surface area (Å²) in [5.74, 6) is -2.35. The van der Waals surface area contributed by atoms with Gasteiger partial charge in [-0.3, -0.25) is 14.4 Å². The van der Waals surface area contributed by atoms with Crippen LogP contribution in [0.5, 0.6) is 0 Å². The van der Waals surface area contributed by atoms with Gasteiger partial charge in [-0.2, -0.15) is 0 Å². The maximum Gasteiger partial charge on any atom is 0.245 e. The molecule has 3 amide bonds. The molecule has 1 aromatic rings. The van der Waals surface area contributed by atoms with Crippen LogP contribution in [0.15, 0.2) is 30.3 Å². The van der Waals surface area contributed by atoms with Gasteiger partial charge in [0.05, 0.1) is 30.1 Å². The number of likely N-dealkylation sites (tertiary alicyclic amines) is 1. The van der Waals surface area contributed by atoms with Crippen molar-refractivity contribution in [3.05, 3.63) is 35.9 Å². The molecule has 3 saturated heterocycles. The van der Waals surface area contributed by atoms with Gasteiger partial charge in [0.25, 0.3) is 0 Å². The fraction of sp³-hybridized carbons (Fsp3) is 0.640. The highest BCUT2D eigenvalue weighted by atomic mass is 16.5.